The lowest BCUT2D eigenvalue weighted by atomic mass is 9.95. The molecule has 0 aromatic heterocycles. The highest BCUT2D eigenvalue weighted by molar-refractivity contribution is 5.01. The Morgan fingerprint density at radius 2 is 2.25 bits per heavy atom. The molecule has 1 aliphatic rings. The molecule has 0 spiro atoms. The fourth-order valence-corrected chi connectivity index (χ4v) is 1.72. The first-order valence-electron chi connectivity index (χ1n) is 4.80. The van der Waals surface area contributed by atoms with Crippen LogP contribution in [0.5, 0.6) is 0 Å². The van der Waals surface area contributed by atoms with Crippen LogP contribution in [0.1, 0.15) is 33.6 Å². The van der Waals surface area contributed by atoms with Crippen molar-refractivity contribution in [2.45, 2.75) is 45.7 Å². The van der Waals surface area contributed by atoms with Gasteiger partial charge in [0.2, 0.25) is 0 Å². The highest BCUT2D eigenvalue weighted by atomic mass is 16.5. The van der Waals surface area contributed by atoms with E-state index in [0.717, 1.165) is 12.8 Å². The first-order chi connectivity index (χ1) is 5.66. The van der Waals surface area contributed by atoms with Gasteiger partial charge in [-0.15, -0.1) is 0 Å². The molecule has 0 bridgehead atoms. The second-order valence-corrected chi connectivity index (χ2v) is 3.83. The van der Waals surface area contributed by atoms with Crippen molar-refractivity contribution in [3.8, 4) is 0 Å². The average molecular weight is 169 g/mol. The summed E-state index contributed by atoms with van der Waals surface area (Å²) in [6.07, 6.45) is 6.24. The van der Waals surface area contributed by atoms with Crippen molar-refractivity contribution < 1.29 is 5.21 Å². The zero-order valence-electron chi connectivity index (χ0n) is 8.20. The minimum absolute atomic E-state index is 0.228. The SMILES string of the molecule is CC[C@H]1C=CCC(C(C)C)N1O. The minimum Gasteiger partial charge on any atom is -0.313 e. The van der Waals surface area contributed by atoms with Gasteiger partial charge in [0.25, 0.3) is 0 Å². The van der Waals surface area contributed by atoms with E-state index in [-0.39, 0.29) is 6.04 Å². The van der Waals surface area contributed by atoms with Gasteiger partial charge in [-0.05, 0) is 18.8 Å². The fourth-order valence-electron chi connectivity index (χ4n) is 1.72. The molecule has 0 fully saturated rings. The zero-order chi connectivity index (χ0) is 9.14. The molecule has 1 unspecified atom stereocenters. The molecule has 70 valence electrons. The van der Waals surface area contributed by atoms with E-state index in [9.17, 15) is 5.21 Å². The molecule has 0 saturated heterocycles. The molecule has 0 aromatic rings. The Labute approximate surface area is 74.8 Å². The number of rotatable bonds is 2. The number of hydrogen-bond acceptors (Lipinski definition) is 2. The predicted octanol–water partition coefficient (Wildman–Crippen LogP) is 2.44. The fraction of sp³-hybridized carbons (Fsp3) is 0.800. The highest BCUT2D eigenvalue weighted by Gasteiger charge is 2.26. The summed E-state index contributed by atoms with van der Waals surface area (Å²) in [5.41, 5.74) is 0. The van der Waals surface area contributed by atoms with E-state index < -0.39 is 0 Å². The van der Waals surface area contributed by atoms with E-state index in [4.69, 9.17) is 0 Å². The van der Waals surface area contributed by atoms with Crippen LogP contribution in [-0.2, 0) is 0 Å². The smallest absolute Gasteiger partial charge is 0.0531 e. The van der Waals surface area contributed by atoms with Crippen LogP contribution in [0, 0.1) is 5.92 Å². The summed E-state index contributed by atoms with van der Waals surface area (Å²) in [5, 5.41) is 11.3. The van der Waals surface area contributed by atoms with Gasteiger partial charge in [0, 0.05) is 6.04 Å². The minimum atomic E-state index is 0.228. The van der Waals surface area contributed by atoms with Gasteiger partial charge in [0.05, 0.1) is 6.04 Å². The van der Waals surface area contributed by atoms with E-state index in [0.29, 0.717) is 12.0 Å². The first kappa shape index (κ1) is 9.75. The normalized spacial score (nSPS) is 31.4. The summed E-state index contributed by atoms with van der Waals surface area (Å²) in [4.78, 5) is 0. The molecule has 0 aromatic carbocycles. The van der Waals surface area contributed by atoms with Crippen molar-refractivity contribution in [3.05, 3.63) is 12.2 Å². The average Bonchev–Trinajstić information content (AvgIpc) is 2.04. The topological polar surface area (TPSA) is 23.5 Å². The predicted molar refractivity (Wildman–Crippen MR) is 50.1 cm³/mol. The summed E-state index contributed by atoms with van der Waals surface area (Å²) >= 11 is 0. The molecular formula is C10H19NO. The van der Waals surface area contributed by atoms with Crippen LogP contribution >= 0.6 is 0 Å². The van der Waals surface area contributed by atoms with Crippen LogP contribution in [0.25, 0.3) is 0 Å². The van der Waals surface area contributed by atoms with Crippen molar-refractivity contribution >= 4 is 0 Å². The Morgan fingerprint density at radius 1 is 1.58 bits per heavy atom. The Balaban J connectivity index is 2.63. The van der Waals surface area contributed by atoms with Crippen LogP contribution in [0.4, 0.5) is 0 Å². The molecule has 1 heterocycles. The monoisotopic (exact) mass is 169 g/mol. The van der Waals surface area contributed by atoms with Gasteiger partial charge in [-0.3, -0.25) is 0 Å². The molecule has 2 nitrogen and oxygen atoms in total. The summed E-state index contributed by atoms with van der Waals surface area (Å²) in [6.45, 7) is 6.40. The lowest BCUT2D eigenvalue weighted by molar-refractivity contribution is -0.162. The Kier molecular flexibility index (Phi) is 3.29. The van der Waals surface area contributed by atoms with Crippen LogP contribution in [0.3, 0.4) is 0 Å². The summed E-state index contributed by atoms with van der Waals surface area (Å²) < 4.78 is 0. The second-order valence-electron chi connectivity index (χ2n) is 3.83. The molecule has 1 N–H and O–H groups in total. The molecule has 2 heteroatoms. The maximum atomic E-state index is 9.78. The summed E-state index contributed by atoms with van der Waals surface area (Å²) in [6, 6.07) is 0.533. The molecule has 0 saturated carbocycles. The van der Waals surface area contributed by atoms with E-state index >= 15 is 0 Å². The maximum absolute atomic E-state index is 9.78. The van der Waals surface area contributed by atoms with Gasteiger partial charge in [0.1, 0.15) is 0 Å². The zero-order valence-corrected chi connectivity index (χ0v) is 8.20. The van der Waals surface area contributed by atoms with Crippen LogP contribution in [-0.4, -0.2) is 22.4 Å². The highest BCUT2D eigenvalue weighted by Crippen LogP contribution is 2.22. The number of hydroxylamine groups is 2. The molecule has 1 aliphatic heterocycles. The summed E-state index contributed by atoms with van der Waals surface area (Å²) in [7, 11) is 0. The van der Waals surface area contributed by atoms with Crippen LogP contribution in [0.15, 0.2) is 12.2 Å². The molecule has 0 amide bonds. The molecule has 0 radical (unpaired) electrons. The van der Waals surface area contributed by atoms with Crippen molar-refractivity contribution in [2.75, 3.05) is 0 Å². The second kappa shape index (κ2) is 4.06. The third-order valence-corrected chi connectivity index (χ3v) is 2.60. The maximum Gasteiger partial charge on any atom is 0.0531 e. The van der Waals surface area contributed by atoms with Gasteiger partial charge >= 0.3 is 0 Å². The van der Waals surface area contributed by atoms with Gasteiger partial charge in [-0.1, -0.05) is 32.9 Å². The standard InChI is InChI=1S/C10H19NO/c1-4-9-6-5-7-10(8(2)3)11(9)12/h5-6,8-10,12H,4,7H2,1-3H3/t9-,10?/m0/s1. The van der Waals surface area contributed by atoms with Crippen molar-refractivity contribution in [1.29, 1.82) is 0 Å². The van der Waals surface area contributed by atoms with Gasteiger partial charge in [0.15, 0.2) is 0 Å². The van der Waals surface area contributed by atoms with Crippen LogP contribution < -0.4 is 0 Å². The van der Waals surface area contributed by atoms with Gasteiger partial charge in [-0.2, -0.15) is 5.06 Å². The number of hydrogen-bond donors (Lipinski definition) is 1. The Hall–Kier alpha value is -0.340. The molecule has 1 rings (SSSR count). The Bertz CT molecular complexity index is 165. The molecule has 12 heavy (non-hydrogen) atoms. The van der Waals surface area contributed by atoms with E-state index in [2.05, 4.69) is 32.9 Å². The van der Waals surface area contributed by atoms with E-state index in [1.165, 1.54) is 5.06 Å². The lowest BCUT2D eigenvalue weighted by Crippen LogP contribution is -2.44. The van der Waals surface area contributed by atoms with E-state index in [1.807, 2.05) is 0 Å². The van der Waals surface area contributed by atoms with Crippen molar-refractivity contribution in [1.82, 2.24) is 5.06 Å². The van der Waals surface area contributed by atoms with Crippen LogP contribution in [0.2, 0.25) is 0 Å². The number of nitrogens with zero attached hydrogens (tertiary/aromatic N) is 1. The third kappa shape index (κ3) is 1.87. The molecule has 0 aliphatic carbocycles. The van der Waals surface area contributed by atoms with Gasteiger partial charge in [-0.25, -0.2) is 0 Å². The quantitative estimate of drug-likeness (QED) is 0.642. The molecular weight excluding hydrogens is 150 g/mol. The largest absolute Gasteiger partial charge is 0.313 e. The van der Waals surface area contributed by atoms with E-state index in [1.54, 1.807) is 0 Å². The first-order valence-corrected chi connectivity index (χ1v) is 4.80. The Morgan fingerprint density at radius 3 is 2.75 bits per heavy atom. The van der Waals surface area contributed by atoms with Crippen molar-refractivity contribution in [3.63, 3.8) is 0 Å². The molecule has 2 atom stereocenters. The third-order valence-electron chi connectivity index (χ3n) is 2.60. The van der Waals surface area contributed by atoms with Gasteiger partial charge < -0.3 is 5.21 Å². The summed E-state index contributed by atoms with van der Waals surface area (Å²) in [5.74, 6) is 0.522. The van der Waals surface area contributed by atoms with Crippen molar-refractivity contribution in [2.24, 2.45) is 5.92 Å². The lowest BCUT2D eigenvalue weighted by Gasteiger charge is -2.35.